The molecule has 2 heterocycles. The summed E-state index contributed by atoms with van der Waals surface area (Å²) in [5.41, 5.74) is 0.175. The SMILES string of the molecule is CCOCCCNC(=O)CN1CN(c2ccccc2)C2(CCN(C(=O)C(C)Cl)CC2)C1=O. The Labute approximate surface area is 194 Å². The highest BCUT2D eigenvalue weighted by molar-refractivity contribution is 6.30. The van der Waals surface area contributed by atoms with E-state index in [0.29, 0.717) is 52.4 Å². The average molecular weight is 465 g/mol. The fourth-order valence-electron chi connectivity index (χ4n) is 4.45. The van der Waals surface area contributed by atoms with Gasteiger partial charge in [-0.1, -0.05) is 18.2 Å². The number of hydrogen-bond donors (Lipinski definition) is 1. The molecule has 3 amide bonds. The highest BCUT2D eigenvalue weighted by Crippen LogP contribution is 2.39. The summed E-state index contributed by atoms with van der Waals surface area (Å²) in [6.45, 7) is 6.64. The molecule has 2 aliphatic heterocycles. The Hall–Kier alpha value is -2.32. The van der Waals surface area contributed by atoms with E-state index in [-0.39, 0.29) is 24.3 Å². The fraction of sp³-hybridized carbons (Fsp3) is 0.609. The number of nitrogens with one attached hydrogen (secondary N) is 1. The first kappa shape index (κ1) is 24.3. The van der Waals surface area contributed by atoms with Gasteiger partial charge in [0.1, 0.15) is 17.5 Å². The molecule has 3 rings (SSSR count). The van der Waals surface area contributed by atoms with Crippen LogP contribution in [0.25, 0.3) is 0 Å². The molecule has 0 radical (unpaired) electrons. The molecule has 1 aromatic carbocycles. The minimum Gasteiger partial charge on any atom is -0.382 e. The molecule has 8 nitrogen and oxygen atoms in total. The van der Waals surface area contributed by atoms with Crippen molar-refractivity contribution in [2.45, 2.75) is 44.0 Å². The lowest BCUT2D eigenvalue weighted by atomic mass is 9.85. The summed E-state index contributed by atoms with van der Waals surface area (Å²) in [7, 11) is 0. The maximum atomic E-state index is 13.6. The molecular weight excluding hydrogens is 432 g/mol. The van der Waals surface area contributed by atoms with E-state index in [0.717, 1.165) is 12.1 Å². The van der Waals surface area contributed by atoms with Gasteiger partial charge in [-0.05, 0) is 45.2 Å². The van der Waals surface area contributed by atoms with E-state index in [1.165, 1.54) is 0 Å². The predicted octanol–water partition coefficient (Wildman–Crippen LogP) is 1.82. The van der Waals surface area contributed by atoms with Gasteiger partial charge in [0.15, 0.2) is 0 Å². The number of rotatable bonds is 9. The van der Waals surface area contributed by atoms with Gasteiger partial charge in [0.25, 0.3) is 5.91 Å². The Kier molecular flexibility index (Phi) is 8.37. The van der Waals surface area contributed by atoms with E-state index in [1.807, 2.05) is 37.3 Å². The van der Waals surface area contributed by atoms with Crippen molar-refractivity contribution < 1.29 is 19.1 Å². The molecule has 0 bridgehead atoms. The van der Waals surface area contributed by atoms with Gasteiger partial charge in [0.2, 0.25) is 11.8 Å². The smallest absolute Gasteiger partial charge is 0.250 e. The number of amides is 3. The van der Waals surface area contributed by atoms with Gasteiger partial charge in [0.05, 0.1) is 6.67 Å². The monoisotopic (exact) mass is 464 g/mol. The first-order valence-electron chi connectivity index (χ1n) is 11.3. The predicted molar refractivity (Wildman–Crippen MR) is 123 cm³/mol. The minimum atomic E-state index is -0.761. The Morgan fingerprint density at radius 3 is 2.53 bits per heavy atom. The number of anilines is 1. The number of likely N-dealkylation sites (tertiary alicyclic amines) is 1. The topological polar surface area (TPSA) is 82.2 Å². The number of carbonyl (C=O) groups is 3. The third kappa shape index (κ3) is 5.35. The van der Waals surface area contributed by atoms with Crippen LogP contribution in [-0.4, -0.2) is 84.5 Å². The Morgan fingerprint density at radius 2 is 1.91 bits per heavy atom. The number of carbonyl (C=O) groups excluding carboxylic acids is 3. The summed E-state index contributed by atoms with van der Waals surface area (Å²) >= 11 is 5.99. The number of benzene rings is 1. The molecule has 32 heavy (non-hydrogen) atoms. The van der Waals surface area contributed by atoms with Gasteiger partial charge in [-0.2, -0.15) is 0 Å². The molecule has 0 saturated carbocycles. The number of alkyl halides is 1. The molecule has 1 N–H and O–H groups in total. The van der Waals surface area contributed by atoms with E-state index >= 15 is 0 Å². The molecule has 1 aromatic rings. The van der Waals surface area contributed by atoms with Gasteiger partial charge in [-0.3, -0.25) is 14.4 Å². The number of nitrogens with zero attached hydrogens (tertiary/aromatic N) is 3. The maximum absolute atomic E-state index is 13.6. The molecule has 0 aliphatic carbocycles. The summed E-state index contributed by atoms with van der Waals surface area (Å²) < 4.78 is 5.29. The van der Waals surface area contributed by atoms with Crippen molar-refractivity contribution in [3.63, 3.8) is 0 Å². The van der Waals surface area contributed by atoms with Crippen LogP contribution >= 0.6 is 11.6 Å². The zero-order chi connectivity index (χ0) is 23.1. The molecule has 2 aliphatic rings. The fourth-order valence-corrected chi connectivity index (χ4v) is 4.58. The maximum Gasteiger partial charge on any atom is 0.250 e. The van der Waals surface area contributed by atoms with E-state index in [4.69, 9.17) is 16.3 Å². The summed E-state index contributed by atoms with van der Waals surface area (Å²) in [6.07, 6.45) is 1.74. The van der Waals surface area contributed by atoms with E-state index in [1.54, 1.807) is 16.7 Å². The normalized spacial score (nSPS) is 18.8. The number of piperidine rings is 1. The quantitative estimate of drug-likeness (QED) is 0.445. The van der Waals surface area contributed by atoms with Crippen LogP contribution in [0.4, 0.5) is 5.69 Å². The van der Waals surface area contributed by atoms with Crippen molar-refractivity contribution >= 4 is 35.0 Å². The van der Waals surface area contributed by atoms with Crippen molar-refractivity contribution in [2.75, 3.05) is 51.0 Å². The van der Waals surface area contributed by atoms with Crippen molar-refractivity contribution in [3.05, 3.63) is 30.3 Å². The van der Waals surface area contributed by atoms with Crippen LogP contribution in [0.5, 0.6) is 0 Å². The molecule has 2 saturated heterocycles. The third-order valence-electron chi connectivity index (χ3n) is 6.15. The molecule has 9 heteroatoms. The van der Waals surface area contributed by atoms with Gasteiger partial charge < -0.3 is 24.8 Å². The van der Waals surface area contributed by atoms with Crippen LogP contribution in [0, 0.1) is 0 Å². The number of hydrogen-bond acceptors (Lipinski definition) is 5. The Morgan fingerprint density at radius 1 is 1.22 bits per heavy atom. The first-order valence-corrected chi connectivity index (χ1v) is 11.7. The lowest BCUT2D eigenvalue weighted by Crippen LogP contribution is -2.58. The number of halogens is 1. The second kappa shape index (κ2) is 11.0. The first-order chi connectivity index (χ1) is 15.4. The molecule has 176 valence electrons. The lowest BCUT2D eigenvalue weighted by Gasteiger charge is -2.43. The summed E-state index contributed by atoms with van der Waals surface area (Å²) in [5, 5.41) is 2.28. The lowest BCUT2D eigenvalue weighted by molar-refractivity contribution is -0.139. The number of para-hydroxylation sites is 1. The Balaban J connectivity index is 1.70. The van der Waals surface area contributed by atoms with Crippen LogP contribution in [-0.2, 0) is 19.1 Å². The highest BCUT2D eigenvalue weighted by atomic mass is 35.5. The second-order valence-corrected chi connectivity index (χ2v) is 8.94. The highest BCUT2D eigenvalue weighted by Gasteiger charge is 2.54. The van der Waals surface area contributed by atoms with E-state index < -0.39 is 10.9 Å². The van der Waals surface area contributed by atoms with Gasteiger partial charge in [-0.15, -0.1) is 11.6 Å². The van der Waals surface area contributed by atoms with Crippen LogP contribution in [0.2, 0.25) is 0 Å². The minimum absolute atomic E-state index is 0.0138. The van der Waals surface area contributed by atoms with Gasteiger partial charge in [-0.25, -0.2) is 0 Å². The van der Waals surface area contributed by atoms with Crippen molar-refractivity contribution in [2.24, 2.45) is 0 Å². The van der Waals surface area contributed by atoms with Crippen molar-refractivity contribution in [1.29, 1.82) is 0 Å². The van der Waals surface area contributed by atoms with Gasteiger partial charge >= 0.3 is 0 Å². The summed E-state index contributed by atoms with van der Waals surface area (Å²) in [6, 6.07) is 9.77. The standard InChI is InChI=1S/C23H33ClN4O4/c1-3-32-15-7-12-25-20(29)16-27-17-28(19-8-5-4-6-9-19)23(22(27)31)10-13-26(14-11-23)21(30)18(2)24/h4-6,8-9,18H,3,7,10-17H2,1-2H3,(H,25,29). The van der Waals surface area contributed by atoms with Crippen LogP contribution in [0.15, 0.2) is 30.3 Å². The molecule has 1 spiro atoms. The zero-order valence-corrected chi connectivity index (χ0v) is 19.6. The van der Waals surface area contributed by atoms with Crippen molar-refractivity contribution in [1.82, 2.24) is 15.1 Å². The van der Waals surface area contributed by atoms with Crippen LogP contribution in [0.1, 0.15) is 33.1 Å². The molecule has 2 fully saturated rings. The molecule has 1 unspecified atom stereocenters. The number of ether oxygens (including phenoxy) is 1. The Bertz CT molecular complexity index is 796. The zero-order valence-electron chi connectivity index (χ0n) is 18.9. The molecule has 0 aromatic heterocycles. The molecule has 1 atom stereocenters. The van der Waals surface area contributed by atoms with Crippen LogP contribution < -0.4 is 10.2 Å². The summed E-state index contributed by atoms with van der Waals surface area (Å²) in [5.74, 6) is -0.346. The van der Waals surface area contributed by atoms with Crippen molar-refractivity contribution in [3.8, 4) is 0 Å². The van der Waals surface area contributed by atoms with E-state index in [2.05, 4.69) is 10.2 Å². The van der Waals surface area contributed by atoms with Crippen LogP contribution in [0.3, 0.4) is 0 Å². The van der Waals surface area contributed by atoms with Gasteiger partial charge in [0, 0.05) is 38.5 Å². The molecular formula is C23H33ClN4O4. The van der Waals surface area contributed by atoms with E-state index in [9.17, 15) is 14.4 Å². The third-order valence-corrected chi connectivity index (χ3v) is 6.34. The average Bonchev–Trinajstić information content (AvgIpc) is 3.05. The second-order valence-electron chi connectivity index (χ2n) is 8.28. The largest absolute Gasteiger partial charge is 0.382 e. The summed E-state index contributed by atoms with van der Waals surface area (Å²) in [4.78, 5) is 43.8.